The Kier molecular flexibility index (Phi) is 6.01. The Morgan fingerprint density at radius 1 is 1.14 bits per heavy atom. The van der Waals surface area contributed by atoms with Crippen LogP contribution in [0.2, 0.25) is 0 Å². The SMILES string of the molecule is Cc1cccc(OCCNC(=O)Cc2ccccc2Br)c1C. The molecule has 0 spiro atoms. The highest BCUT2D eigenvalue weighted by Crippen LogP contribution is 2.20. The van der Waals surface area contributed by atoms with Gasteiger partial charge in [0, 0.05) is 4.47 Å². The molecule has 0 atom stereocenters. The standard InChI is InChI=1S/C18H20BrNO2/c1-13-6-5-9-17(14(13)2)22-11-10-20-18(21)12-15-7-3-4-8-16(15)19/h3-9H,10-12H2,1-2H3,(H,20,21). The monoisotopic (exact) mass is 361 g/mol. The number of amides is 1. The first-order valence-electron chi connectivity index (χ1n) is 7.27. The van der Waals surface area contributed by atoms with E-state index in [-0.39, 0.29) is 5.91 Å². The minimum atomic E-state index is -0.00327. The molecule has 2 aromatic rings. The van der Waals surface area contributed by atoms with E-state index in [1.54, 1.807) is 0 Å². The molecule has 0 aliphatic carbocycles. The number of halogens is 1. The van der Waals surface area contributed by atoms with Crippen LogP contribution < -0.4 is 10.1 Å². The Morgan fingerprint density at radius 2 is 1.91 bits per heavy atom. The topological polar surface area (TPSA) is 38.3 Å². The molecule has 2 rings (SSSR count). The van der Waals surface area contributed by atoms with Crippen molar-refractivity contribution >= 4 is 21.8 Å². The summed E-state index contributed by atoms with van der Waals surface area (Å²) in [5.74, 6) is 0.872. The van der Waals surface area contributed by atoms with Crippen LogP contribution in [-0.4, -0.2) is 19.1 Å². The summed E-state index contributed by atoms with van der Waals surface area (Å²) < 4.78 is 6.67. The Labute approximate surface area is 139 Å². The molecule has 0 aromatic heterocycles. The van der Waals surface area contributed by atoms with E-state index >= 15 is 0 Å². The van der Waals surface area contributed by atoms with Crippen LogP contribution in [0.25, 0.3) is 0 Å². The quantitative estimate of drug-likeness (QED) is 0.794. The van der Waals surface area contributed by atoms with Crippen LogP contribution in [0.3, 0.4) is 0 Å². The first-order valence-corrected chi connectivity index (χ1v) is 8.06. The Morgan fingerprint density at radius 3 is 2.68 bits per heavy atom. The number of carbonyl (C=O) groups excluding carboxylic acids is 1. The average molecular weight is 362 g/mol. The Balaban J connectivity index is 1.76. The van der Waals surface area contributed by atoms with Gasteiger partial charge >= 0.3 is 0 Å². The third-order valence-corrected chi connectivity index (χ3v) is 4.32. The number of carbonyl (C=O) groups is 1. The number of ether oxygens (including phenoxy) is 1. The van der Waals surface area contributed by atoms with Gasteiger partial charge in [0.15, 0.2) is 0 Å². The molecule has 0 aliphatic rings. The first kappa shape index (κ1) is 16.6. The maximum Gasteiger partial charge on any atom is 0.224 e. The second kappa shape index (κ2) is 7.99. The van der Waals surface area contributed by atoms with E-state index < -0.39 is 0 Å². The summed E-state index contributed by atoms with van der Waals surface area (Å²) in [7, 11) is 0. The van der Waals surface area contributed by atoms with Gasteiger partial charge < -0.3 is 10.1 Å². The fourth-order valence-electron chi connectivity index (χ4n) is 2.11. The number of aryl methyl sites for hydroxylation is 1. The molecule has 0 heterocycles. The highest BCUT2D eigenvalue weighted by Gasteiger charge is 2.06. The van der Waals surface area contributed by atoms with Gasteiger partial charge in [0.05, 0.1) is 13.0 Å². The molecule has 116 valence electrons. The molecule has 2 aromatic carbocycles. The molecular formula is C18H20BrNO2. The zero-order valence-electron chi connectivity index (χ0n) is 12.9. The predicted octanol–water partition coefficient (Wildman–Crippen LogP) is 3.80. The highest BCUT2D eigenvalue weighted by atomic mass is 79.9. The number of nitrogens with one attached hydrogen (secondary N) is 1. The molecule has 0 unspecified atom stereocenters. The van der Waals surface area contributed by atoms with Gasteiger partial charge in [0.2, 0.25) is 5.91 Å². The summed E-state index contributed by atoms with van der Waals surface area (Å²) in [6.07, 6.45) is 0.366. The molecule has 0 fully saturated rings. The van der Waals surface area contributed by atoms with Gasteiger partial charge in [-0.25, -0.2) is 0 Å². The van der Waals surface area contributed by atoms with Gasteiger partial charge in [0.25, 0.3) is 0 Å². The molecule has 0 saturated heterocycles. The van der Waals surface area contributed by atoms with Crippen molar-refractivity contribution < 1.29 is 9.53 Å². The van der Waals surface area contributed by atoms with Crippen molar-refractivity contribution in [1.29, 1.82) is 0 Å². The minimum absolute atomic E-state index is 0.00327. The van der Waals surface area contributed by atoms with Crippen LogP contribution in [0.4, 0.5) is 0 Å². The number of hydrogen-bond donors (Lipinski definition) is 1. The van der Waals surface area contributed by atoms with E-state index in [0.29, 0.717) is 19.6 Å². The number of rotatable bonds is 6. The summed E-state index contributed by atoms with van der Waals surface area (Å²) in [6.45, 7) is 5.06. The predicted molar refractivity (Wildman–Crippen MR) is 92.3 cm³/mol. The smallest absolute Gasteiger partial charge is 0.224 e. The zero-order valence-corrected chi connectivity index (χ0v) is 14.4. The van der Waals surface area contributed by atoms with E-state index in [2.05, 4.69) is 34.2 Å². The van der Waals surface area contributed by atoms with Crippen LogP contribution in [-0.2, 0) is 11.2 Å². The van der Waals surface area contributed by atoms with Gasteiger partial charge in [-0.1, -0.05) is 46.3 Å². The number of hydrogen-bond acceptors (Lipinski definition) is 2. The molecule has 3 nitrogen and oxygen atoms in total. The van der Waals surface area contributed by atoms with Crippen LogP contribution in [0.15, 0.2) is 46.9 Å². The third-order valence-electron chi connectivity index (χ3n) is 3.55. The second-order valence-corrected chi connectivity index (χ2v) is 6.02. The zero-order chi connectivity index (χ0) is 15.9. The maximum atomic E-state index is 11.9. The van der Waals surface area contributed by atoms with Gasteiger partial charge in [-0.3, -0.25) is 4.79 Å². The number of benzene rings is 2. The fourth-order valence-corrected chi connectivity index (χ4v) is 2.53. The first-order chi connectivity index (χ1) is 10.6. The third kappa shape index (κ3) is 4.60. The molecule has 22 heavy (non-hydrogen) atoms. The lowest BCUT2D eigenvalue weighted by Gasteiger charge is -2.11. The lowest BCUT2D eigenvalue weighted by molar-refractivity contribution is -0.120. The van der Waals surface area contributed by atoms with Gasteiger partial charge in [-0.2, -0.15) is 0 Å². The molecule has 0 aliphatic heterocycles. The molecule has 0 bridgehead atoms. The summed E-state index contributed by atoms with van der Waals surface area (Å²) in [4.78, 5) is 11.9. The van der Waals surface area contributed by atoms with Crippen LogP contribution >= 0.6 is 15.9 Å². The van der Waals surface area contributed by atoms with Crippen molar-refractivity contribution in [3.05, 3.63) is 63.6 Å². The van der Waals surface area contributed by atoms with Crippen LogP contribution in [0.5, 0.6) is 5.75 Å². The molecule has 0 radical (unpaired) electrons. The minimum Gasteiger partial charge on any atom is -0.491 e. The van der Waals surface area contributed by atoms with Gasteiger partial charge in [-0.05, 0) is 42.7 Å². The fraction of sp³-hybridized carbons (Fsp3) is 0.278. The summed E-state index contributed by atoms with van der Waals surface area (Å²) in [6, 6.07) is 13.7. The average Bonchev–Trinajstić information content (AvgIpc) is 2.50. The summed E-state index contributed by atoms with van der Waals surface area (Å²) >= 11 is 3.45. The lowest BCUT2D eigenvalue weighted by atomic mass is 10.1. The van der Waals surface area contributed by atoms with Crippen LogP contribution in [0.1, 0.15) is 16.7 Å². The molecule has 4 heteroatoms. The molecule has 1 amide bonds. The molecule has 0 saturated carbocycles. The van der Waals surface area contributed by atoms with Gasteiger partial charge in [-0.15, -0.1) is 0 Å². The van der Waals surface area contributed by atoms with Crippen molar-refractivity contribution in [2.45, 2.75) is 20.3 Å². The van der Waals surface area contributed by atoms with Crippen molar-refractivity contribution in [2.24, 2.45) is 0 Å². The van der Waals surface area contributed by atoms with E-state index in [4.69, 9.17) is 4.74 Å². The van der Waals surface area contributed by atoms with E-state index in [9.17, 15) is 4.79 Å². The Hall–Kier alpha value is -1.81. The van der Waals surface area contributed by atoms with Crippen molar-refractivity contribution in [3.63, 3.8) is 0 Å². The largest absolute Gasteiger partial charge is 0.491 e. The van der Waals surface area contributed by atoms with Crippen LogP contribution in [0, 0.1) is 13.8 Å². The Bertz CT molecular complexity index is 655. The normalized spacial score (nSPS) is 10.3. The van der Waals surface area contributed by atoms with Crippen molar-refractivity contribution in [3.8, 4) is 5.75 Å². The van der Waals surface area contributed by atoms with Crippen molar-refractivity contribution in [1.82, 2.24) is 5.32 Å². The molecular weight excluding hydrogens is 342 g/mol. The van der Waals surface area contributed by atoms with Gasteiger partial charge in [0.1, 0.15) is 12.4 Å². The van der Waals surface area contributed by atoms with E-state index in [1.165, 1.54) is 5.56 Å². The maximum absolute atomic E-state index is 11.9. The van der Waals surface area contributed by atoms with E-state index in [0.717, 1.165) is 21.3 Å². The summed E-state index contributed by atoms with van der Waals surface area (Å²) in [5.41, 5.74) is 3.33. The molecule has 1 N–H and O–H groups in total. The second-order valence-electron chi connectivity index (χ2n) is 5.16. The summed E-state index contributed by atoms with van der Waals surface area (Å²) in [5, 5.41) is 2.88. The highest BCUT2D eigenvalue weighted by molar-refractivity contribution is 9.10. The van der Waals surface area contributed by atoms with E-state index in [1.807, 2.05) is 43.3 Å². The lowest BCUT2D eigenvalue weighted by Crippen LogP contribution is -2.29. The van der Waals surface area contributed by atoms with Crippen molar-refractivity contribution in [2.75, 3.05) is 13.2 Å².